The average molecular weight is 282 g/mol. The van der Waals surface area contributed by atoms with Gasteiger partial charge in [0.2, 0.25) is 0 Å². The highest BCUT2D eigenvalue weighted by atomic mass is 19.1. The number of ether oxygens (including phenoxy) is 1. The van der Waals surface area contributed by atoms with Crippen molar-refractivity contribution in [3.63, 3.8) is 0 Å². The van der Waals surface area contributed by atoms with E-state index in [1.165, 1.54) is 13.2 Å². The van der Waals surface area contributed by atoms with Crippen LogP contribution in [0, 0.1) is 5.82 Å². The SMILES string of the molecule is COc1ccc(C(N)c2ccc3ccccc3n2)c(F)c1. The maximum absolute atomic E-state index is 14.1. The maximum atomic E-state index is 14.1. The monoisotopic (exact) mass is 282 g/mol. The zero-order valence-electron chi connectivity index (χ0n) is 11.6. The van der Waals surface area contributed by atoms with E-state index in [4.69, 9.17) is 10.5 Å². The van der Waals surface area contributed by atoms with Crippen molar-refractivity contribution in [3.05, 3.63) is 71.7 Å². The third-order valence-electron chi connectivity index (χ3n) is 3.48. The minimum atomic E-state index is -0.611. The van der Waals surface area contributed by atoms with Gasteiger partial charge >= 0.3 is 0 Å². The Morgan fingerprint density at radius 2 is 1.90 bits per heavy atom. The number of pyridine rings is 1. The molecular formula is C17H15FN2O. The first-order valence-electron chi connectivity index (χ1n) is 6.64. The Bertz CT molecular complexity index is 789. The second kappa shape index (κ2) is 5.50. The first-order chi connectivity index (χ1) is 10.2. The molecule has 0 fully saturated rings. The molecule has 106 valence electrons. The average Bonchev–Trinajstić information content (AvgIpc) is 2.53. The van der Waals surface area contributed by atoms with Gasteiger partial charge in [-0.25, -0.2) is 4.39 Å². The van der Waals surface area contributed by atoms with Crippen molar-refractivity contribution in [1.82, 2.24) is 4.98 Å². The van der Waals surface area contributed by atoms with Crippen LogP contribution in [0.1, 0.15) is 17.3 Å². The summed E-state index contributed by atoms with van der Waals surface area (Å²) in [5, 5.41) is 1.03. The van der Waals surface area contributed by atoms with E-state index in [9.17, 15) is 4.39 Å². The molecule has 4 heteroatoms. The molecule has 0 spiro atoms. The van der Waals surface area contributed by atoms with Crippen LogP contribution >= 0.6 is 0 Å². The molecule has 3 aromatic rings. The molecule has 1 aromatic heterocycles. The molecule has 2 N–H and O–H groups in total. The second-order valence-electron chi connectivity index (χ2n) is 4.79. The summed E-state index contributed by atoms with van der Waals surface area (Å²) in [6, 6.07) is 15.6. The van der Waals surface area contributed by atoms with E-state index in [1.54, 1.807) is 12.1 Å². The Kier molecular flexibility index (Phi) is 3.54. The summed E-state index contributed by atoms with van der Waals surface area (Å²) in [5.74, 6) is 0.0757. The molecule has 0 saturated heterocycles. The van der Waals surface area contributed by atoms with Crippen molar-refractivity contribution in [1.29, 1.82) is 0 Å². The predicted octanol–water partition coefficient (Wildman–Crippen LogP) is 3.43. The van der Waals surface area contributed by atoms with Gasteiger partial charge in [-0.1, -0.05) is 30.3 Å². The van der Waals surface area contributed by atoms with Gasteiger partial charge in [-0.3, -0.25) is 4.98 Å². The third-order valence-corrected chi connectivity index (χ3v) is 3.48. The fourth-order valence-electron chi connectivity index (χ4n) is 2.30. The first-order valence-corrected chi connectivity index (χ1v) is 6.64. The molecule has 0 bridgehead atoms. The largest absolute Gasteiger partial charge is 0.497 e. The van der Waals surface area contributed by atoms with Crippen molar-refractivity contribution in [2.45, 2.75) is 6.04 Å². The highest BCUT2D eigenvalue weighted by Crippen LogP contribution is 2.25. The van der Waals surface area contributed by atoms with Gasteiger partial charge in [0, 0.05) is 17.0 Å². The molecule has 0 saturated carbocycles. The molecule has 0 aliphatic carbocycles. The fraction of sp³-hybridized carbons (Fsp3) is 0.118. The van der Waals surface area contributed by atoms with Crippen LogP contribution in [0.25, 0.3) is 10.9 Å². The summed E-state index contributed by atoms with van der Waals surface area (Å²) in [5.41, 5.74) is 8.04. The Morgan fingerprint density at radius 1 is 1.10 bits per heavy atom. The molecule has 0 aliphatic heterocycles. The molecule has 21 heavy (non-hydrogen) atoms. The number of hydrogen-bond acceptors (Lipinski definition) is 3. The number of nitrogens with zero attached hydrogens (tertiary/aromatic N) is 1. The number of fused-ring (bicyclic) bond motifs is 1. The lowest BCUT2D eigenvalue weighted by Gasteiger charge is -2.14. The summed E-state index contributed by atoms with van der Waals surface area (Å²) in [4.78, 5) is 4.51. The molecule has 0 aliphatic rings. The van der Waals surface area contributed by atoms with E-state index < -0.39 is 11.9 Å². The molecule has 1 unspecified atom stereocenters. The Labute approximate surface area is 122 Å². The van der Waals surface area contributed by atoms with Crippen molar-refractivity contribution in [3.8, 4) is 5.75 Å². The van der Waals surface area contributed by atoms with E-state index in [0.29, 0.717) is 17.0 Å². The first kappa shape index (κ1) is 13.5. The Hall–Kier alpha value is -2.46. The van der Waals surface area contributed by atoms with Crippen LogP contribution in [-0.2, 0) is 0 Å². The molecule has 1 heterocycles. The number of halogens is 1. The summed E-state index contributed by atoms with van der Waals surface area (Å²) in [6.45, 7) is 0. The van der Waals surface area contributed by atoms with Crippen molar-refractivity contribution in [2.24, 2.45) is 5.73 Å². The zero-order valence-corrected chi connectivity index (χ0v) is 11.6. The van der Waals surface area contributed by atoms with Crippen molar-refractivity contribution >= 4 is 10.9 Å². The normalized spacial score (nSPS) is 12.3. The minimum absolute atomic E-state index is 0.392. The van der Waals surface area contributed by atoms with Gasteiger partial charge < -0.3 is 10.5 Å². The number of para-hydroxylation sites is 1. The van der Waals surface area contributed by atoms with Crippen LogP contribution in [0.4, 0.5) is 4.39 Å². The second-order valence-corrected chi connectivity index (χ2v) is 4.79. The lowest BCUT2D eigenvalue weighted by atomic mass is 10.0. The van der Waals surface area contributed by atoms with Crippen LogP contribution in [0.15, 0.2) is 54.6 Å². The summed E-state index contributed by atoms with van der Waals surface area (Å²) in [6.07, 6.45) is 0. The zero-order chi connectivity index (χ0) is 14.8. The lowest BCUT2D eigenvalue weighted by Crippen LogP contribution is -2.15. The van der Waals surface area contributed by atoms with Gasteiger partial charge in [0.05, 0.1) is 24.4 Å². The van der Waals surface area contributed by atoms with Crippen LogP contribution in [0.5, 0.6) is 5.75 Å². The third kappa shape index (κ3) is 2.58. The molecule has 0 amide bonds. The van der Waals surface area contributed by atoms with Crippen LogP contribution in [0.2, 0.25) is 0 Å². The van der Waals surface area contributed by atoms with Gasteiger partial charge in [-0.2, -0.15) is 0 Å². The van der Waals surface area contributed by atoms with E-state index in [2.05, 4.69) is 4.98 Å². The predicted molar refractivity (Wildman–Crippen MR) is 80.7 cm³/mol. The smallest absolute Gasteiger partial charge is 0.132 e. The highest BCUT2D eigenvalue weighted by molar-refractivity contribution is 5.78. The number of nitrogens with two attached hydrogens (primary N) is 1. The van der Waals surface area contributed by atoms with E-state index in [0.717, 1.165) is 10.9 Å². The van der Waals surface area contributed by atoms with Crippen LogP contribution < -0.4 is 10.5 Å². The molecule has 3 rings (SSSR count). The van der Waals surface area contributed by atoms with Crippen molar-refractivity contribution < 1.29 is 9.13 Å². The molecule has 2 aromatic carbocycles. The summed E-state index contributed by atoms with van der Waals surface area (Å²) in [7, 11) is 1.50. The molecule has 1 atom stereocenters. The van der Waals surface area contributed by atoms with Gasteiger partial charge in [-0.15, -0.1) is 0 Å². The molecule has 0 radical (unpaired) electrons. The number of rotatable bonds is 3. The number of aromatic nitrogens is 1. The van der Waals surface area contributed by atoms with Crippen molar-refractivity contribution in [2.75, 3.05) is 7.11 Å². The number of benzene rings is 2. The van der Waals surface area contributed by atoms with E-state index in [1.807, 2.05) is 36.4 Å². The van der Waals surface area contributed by atoms with Gasteiger partial charge in [0.1, 0.15) is 11.6 Å². The molecular weight excluding hydrogens is 267 g/mol. The van der Waals surface area contributed by atoms with Gasteiger partial charge in [0.15, 0.2) is 0 Å². The summed E-state index contributed by atoms with van der Waals surface area (Å²) < 4.78 is 19.1. The Morgan fingerprint density at radius 3 is 2.67 bits per heavy atom. The minimum Gasteiger partial charge on any atom is -0.497 e. The van der Waals surface area contributed by atoms with E-state index in [-0.39, 0.29) is 0 Å². The highest BCUT2D eigenvalue weighted by Gasteiger charge is 2.16. The standard InChI is InChI=1S/C17H15FN2O/c1-21-12-7-8-13(14(18)10-12)17(19)16-9-6-11-4-2-3-5-15(11)20-16/h2-10,17H,19H2,1H3. The maximum Gasteiger partial charge on any atom is 0.132 e. The van der Waals surface area contributed by atoms with Gasteiger partial charge in [-0.05, 0) is 18.2 Å². The summed E-state index contributed by atoms with van der Waals surface area (Å²) >= 11 is 0. The van der Waals surface area contributed by atoms with Crippen LogP contribution in [0.3, 0.4) is 0 Å². The van der Waals surface area contributed by atoms with E-state index >= 15 is 0 Å². The fourth-order valence-corrected chi connectivity index (χ4v) is 2.30. The number of methoxy groups -OCH3 is 1. The lowest BCUT2D eigenvalue weighted by molar-refractivity contribution is 0.410. The quantitative estimate of drug-likeness (QED) is 0.800. The Balaban J connectivity index is 2.01. The number of hydrogen-bond donors (Lipinski definition) is 1. The van der Waals surface area contributed by atoms with Crippen LogP contribution in [-0.4, -0.2) is 12.1 Å². The topological polar surface area (TPSA) is 48.1 Å². The van der Waals surface area contributed by atoms with Gasteiger partial charge in [0.25, 0.3) is 0 Å². The molecule has 3 nitrogen and oxygen atoms in total.